The average Bonchev–Trinajstić information content (AvgIpc) is 3.14. The molecule has 0 fully saturated rings. The SMILES string of the molecule is C/C(=N\NC(=O)c1ccccc1-n1cccc1)c1ccc(O)cc1O. The Morgan fingerprint density at radius 3 is 2.44 bits per heavy atom. The number of carbonyl (C=O) groups excluding carboxylic acids is 1. The number of nitrogens with one attached hydrogen (secondary N) is 1. The molecular weight excluding hydrogens is 318 g/mol. The number of hydrogen-bond donors (Lipinski definition) is 3. The molecule has 0 aliphatic carbocycles. The average molecular weight is 335 g/mol. The lowest BCUT2D eigenvalue weighted by Gasteiger charge is -2.10. The van der Waals surface area contributed by atoms with Crippen molar-refractivity contribution in [3.63, 3.8) is 0 Å². The maximum Gasteiger partial charge on any atom is 0.273 e. The molecule has 0 spiro atoms. The number of rotatable bonds is 4. The Morgan fingerprint density at radius 2 is 1.72 bits per heavy atom. The minimum absolute atomic E-state index is 0.0428. The van der Waals surface area contributed by atoms with Crippen LogP contribution in [-0.4, -0.2) is 26.4 Å². The lowest BCUT2D eigenvalue weighted by Crippen LogP contribution is -2.21. The monoisotopic (exact) mass is 335 g/mol. The third-order valence-corrected chi connectivity index (χ3v) is 3.73. The fourth-order valence-electron chi connectivity index (χ4n) is 2.47. The van der Waals surface area contributed by atoms with Crippen molar-refractivity contribution in [3.8, 4) is 17.2 Å². The standard InChI is InChI=1S/C19H17N3O3/c1-13(15-9-8-14(23)12-18(15)24)20-21-19(25)16-6-2-3-7-17(16)22-10-4-5-11-22/h2-12,23-24H,1H3,(H,21,25)/b20-13+. The molecular formula is C19H17N3O3. The summed E-state index contributed by atoms with van der Waals surface area (Å²) >= 11 is 0. The van der Waals surface area contributed by atoms with Crippen molar-refractivity contribution in [1.82, 2.24) is 9.99 Å². The van der Waals surface area contributed by atoms with Crippen molar-refractivity contribution >= 4 is 11.6 Å². The molecule has 0 saturated carbocycles. The number of aromatic hydroxyl groups is 2. The molecule has 1 amide bonds. The van der Waals surface area contributed by atoms with Crippen molar-refractivity contribution in [2.45, 2.75) is 6.92 Å². The smallest absolute Gasteiger partial charge is 0.273 e. The maximum atomic E-state index is 12.5. The Balaban J connectivity index is 1.84. The molecule has 0 unspecified atom stereocenters. The number of hydrogen-bond acceptors (Lipinski definition) is 4. The van der Waals surface area contributed by atoms with Gasteiger partial charge in [-0.3, -0.25) is 4.79 Å². The van der Waals surface area contributed by atoms with Gasteiger partial charge in [-0.1, -0.05) is 12.1 Å². The van der Waals surface area contributed by atoms with E-state index in [0.29, 0.717) is 16.8 Å². The van der Waals surface area contributed by atoms with Crippen LogP contribution in [0.3, 0.4) is 0 Å². The summed E-state index contributed by atoms with van der Waals surface area (Å²) in [6.07, 6.45) is 3.71. The Bertz CT molecular complexity index is 931. The lowest BCUT2D eigenvalue weighted by molar-refractivity contribution is 0.0955. The Morgan fingerprint density at radius 1 is 1.00 bits per heavy atom. The summed E-state index contributed by atoms with van der Waals surface area (Å²) in [6.45, 7) is 1.66. The number of para-hydroxylation sites is 1. The Labute approximate surface area is 144 Å². The van der Waals surface area contributed by atoms with Crippen molar-refractivity contribution < 1.29 is 15.0 Å². The van der Waals surface area contributed by atoms with Gasteiger partial charge in [0.05, 0.1) is 17.0 Å². The zero-order valence-corrected chi connectivity index (χ0v) is 13.5. The number of phenols is 2. The Kier molecular flexibility index (Phi) is 4.52. The van der Waals surface area contributed by atoms with Crippen molar-refractivity contribution in [2.24, 2.45) is 5.10 Å². The minimum Gasteiger partial charge on any atom is -0.508 e. The minimum atomic E-state index is -0.359. The third kappa shape index (κ3) is 3.53. The highest BCUT2D eigenvalue weighted by Gasteiger charge is 2.12. The lowest BCUT2D eigenvalue weighted by atomic mass is 10.1. The van der Waals surface area contributed by atoms with E-state index in [0.717, 1.165) is 5.69 Å². The van der Waals surface area contributed by atoms with Crippen molar-refractivity contribution in [2.75, 3.05) is 0 Å². The summed E-state index contributed by atoms with van der Waals surface area (Å²) in [5.74, 6) is -0.510. The number of aromatic nitrogens is 1. The van der Waals surface area contributed by atoms with Gasteiger partial charge in [0.2, 0.25) is 0 Å². The number of carbonyl (C=O) groups is 1. The molecule has 1 heterocycles. The van der Waals surface area contributed by atoms with E-state index in [2.05, 4.69) is 10.5 Å². The van der Waals surface area contributed by atoms with E-state index in [1.807, 2.05) is 41.2 Å². The molecule has 3 aromatic rings. The molecule has 0 aliphatic rings. The summed E-state index contributed by atoms with van der Waals surface area (Å²) in [5, 5.41) is 23.2. The van der Waals surface area contributed by atoms with Crippen LogP contribution in [0.4, 0.5) is 0 Å². The zero-order valence-electron chi connectivity index (χ0n) is 13.5. The second-order valence-electron chi connectivity index (χ2n) is 5.45. The quantitative estimate of drug-likeness (QED) is 0.506. The van der Waals surface area contributed by atoms with Crippen LogP contribution in [-0.2, 0) is 0 Å². The molecule has 3 rings (SSSR count). The first-order chi connectivity index (χ1) is 12.1. The molecule has 0 bridgehead atoms. The summed E-state index contributed by atoms with van der Waals surface area (Å²) in [6, 6.07) is 15.2. The highest BCUT2D eigenvalue weighted by molar-refractivity contribution is 6.03. The van der Waals surface area contributed by atoms with Gasteiger partial charge in [-0.25, -0.2) is 5.43 Å². The van der Waals surface area contributed by atoms with E-state index in [-0.39, 0.29) is 17.4 Å². The summed E-state index contributed by atoms with van der Waals surface area (Å²) in [5.41, 5.74) is 4.57. The van der Waals surface area contributed by atoms with Gasteiger partial charge in [-0.2, -0.15) is 5.10 Å². The van der Waals surface area contributed by atoms with Crippen LogP contribution in [0.25, 0.3) is 5.69 Å². The van der Waals surface area contributed by atoms with Gasteiger partial charge < -0.3 is 14.8 Å². The van der Waals surface area contributed by atoms with Crippen LogP contribution in [0.15, 0.2) is 72.1 Å². The highest BCUT2D eigenvalue weighted by atomic mass is 16.3. The van der Waals surface area contributed by atoms with Gasteiger partial charge in [0.25, 0.3) is 5.91 Å². The normalized spacial score (nSPS) is 11.3. The molecule has 6 nitrogen and oxygen atoms in total. The van der Waals surface area contributed by atoms with Crippen LogP contribution >= 0.6 is 0 Å². The molecule has 0 aliphatic heterocycles. The topological polar surface area (TPSA) is 86.9 Å². The second-order valence-corrected chi connectivity index (χ2v) is 5.45. The molecule has 2 aromatic carbocycles. The van der Waals surface area contributed by atoms with Gasteiger partial charge in [0, 0.05) is 24.0 Å². The Hall–Kier alpha value is -3.54. The van der Waals surface area contributed by atoms with E-state index < -0.39 is 0 Å². The molecule has 6 heteroatoms. The number of nitrogens with zero attached hydrogens (tertiary/aromatic N) is 2. The number of phenolic OH excluding ortho intramolecular Hbond substituents is 2. The fraction of sp³-hybridized carbons (Fsp3) is 0.0526. The third-order valence-electron chi connectivity index (χ3n) is 3.73. The van der Waals surface area contributed by atoms with Crippen LogP contribution in [0.5, 0.6) is 11.5 Å². The van der Waals surface area contributed by atoms with Gasteiger partial charge in [-0.15, -0.1) is 0 Å². The van der Waals surface area contributed by atoms with E-state index >= 15 is 0 Å². The first kappa shape index (κ1) is 16.3. The van der Waals surface area contributed by atoms with Gasteiger partial charge in [-0.05, 0) is 43.3 Å². The molecule has 0 radical (unpaired) electrons. The zero-order chi connectivity index (χ0) is 17.8. The van der Waals surface area contributed by atoms with Crippen molar-refractivity contribution in [3.05, 3.63) is 78.1 Å². The van der Waals surface area contributed by atoms with Crippen LogP contribution in [0, 0.1) is 0 Å². The van der Waals surface area contributed by atoms with E-state index in [4.69, 9.17) is 0 Å². The summed E-state index contributed by atoms with van der Waals surface area (Å²) in [7, 11) is 0. The first-order valence-corrected chi connectivity index (χ1v) is 7.65. The summed E-state index contributed by atoms with van der Waals surface area (Å²) < 4.78 is 1.84. The van der Waals surface area contributed by atoms with E-state index in [9.17, 15) is 15.0 Å². The molecule has 126 valence electrons. The van der Waals surface area contributed by atoms with Crippen LogP contribution < -0.4 is 5.43 Å². The van der Waals surface area contributed by atoms with Crippen LogP contribution in [0.1, 0.15) is 22.8 Å². The van der Waals surface area contributed by atoms with Gasteiger partial charge >= 0.3 is 0 Å². The molecule has 0 saturated heterocycles. The van der Waals surface area contributed by atoms with E-state index in [1.54, 1.807) is 19.1 Å². The maximum absolute atomic E-state index is 12.5. The van der Waals surface area contributed by atoms with Crippen molar-refractivity contribution in [1.29, 1.82) is 0 Å². The predicted molar refractivity (Wildman–Crippen MR) is 95.2 cm³/mol. The number of benzene rings is 2. The van der Waals surface area contributed by atoms with E-state index in [1.165, 1.54) is 18.2 Å². The molecule has 0 atom stereocenters. The number of hydrazone groups is 1. The predicted octanol–water partition coefficient (Wildman–Crippen LogP) is 3.04. The van der Waals surface area contributed by atoms with Gasteiger partial charge in [0.1, 0.15) is 11.5 Å². The second kappa shape index (κ2) is 6.92. The summed E-state index contributed by atoms with van der Waals surface area (Å²) in [4.78, 5) is 12.5. The molecule has 3 N–H and O–H groups in total. The van der Waals surface area contributed by atoms with Crippen LogP contribution in [0.2, 0.25) is 0 Å². The number of amides is 1. The molecule has 25 heavy (non-hydrogen) atoms. The van der Waals surface area contributed by atoms with Gasteiger partial charge in [0.15, 0.2) is 0 Å². The molecule has 1 aromatic heterocycles. The highest BCUT2D eigenvalue weighted by Crippen LogP contribution is 2.23. The largest absolute Gasteiger partial charge is 0.508 e. The fourth-order valence-corrected chi connectivity index (χ4v) is 2.47. The first-order valence-electron chi connectivity index (χ1n) is 7.65.